The molecular formula is C48H85O10P. The summed E-state index contributed by atoms with van der Waals surface area (Å²) < 4.78 is 32.8. The van der Waals surface area contributed by atoms with Gasteiger partial charge in [0.15, 0.2) is 6.10 Å². The van der Waals surface area contributed by atoms with Gasteiger partial charge in [-0.3, -0.25) is 18.6 Å². The lowest BCUT2D eigenvalue weighted by atomic mass is 10.0. The molecule has 342 valence electrons. The van der Waals surface area contributed by atoms with E-state index in [1.54, 1.807) is 0 Å². The predicted octanol–water partition coefficient (Wildman–Crippen LogP) is 12.7. The van der Waals surface area contributed by atoms with E-state index in [0.29, 0.717) is 12.8 Å². The van der Waals surface area contributed by atoms with E-state index in [1.807, 2.05) is 0 Å². The van der Waals surface area contributed by atoms with Crippen LogP contribution in [-0.2, 0) is 32.7 Å². The first kappa shape index (κ1) is 56.7. The Labute approximate surface area is 359 Å². The molecule has 0 saturated heterocycles. The summed E-state index contributed by atoms with van der Waals surface area (Å²) in [6.07, 6.45) is 49.0. The molecule has 0 heterocycles. The number of hydrogen-bond acceptors (Lipinski definition) is 9. The van der Waals surface area contributed by atoms with Gasteiger partial charge < -0.3 is 24.6 Å². The third kappa shape index (κ3) is 43.6. The number of aliphatic hydroxyl groups excluding tert-OH is 2. The largest absolute Gasteiger partial charge is 0.472 e. The van der Waals surface area contributed by atoms with Crippen molar-refractivity contribution in [1.29, 1.82) is 0 Å². The maximum absolute atomic E-state index is 12.6. The molecule has 0 amide bonds. The SMILES string of the molecule is CC/C=C/C/C=C/C/C=C/C/C=C/C/C=C/CCCCCC(=O)O[C@H](COC(=O)CCCCCCCCCCCCCCCCCCC)COP(=O)(O)OC[C@@H](O)CO. The number of phosphoric acid groups is 1. The summed E-state index contributed by atoms with van der Waals surface area (Å²) >= 11 is 0. The quantitative estimate of drug-likeness (QED) is 0.0234. The van der Waals surface area contributed by atoms with Crippen molar-refractivity contribution in [3.05, 3.63) is 60.8 Å². The van der Waals surface area contributed by atoms with Crippen molar-refractivity contribution in [1.82, 2.24) is 0 Å². The summed E-state index contributed by atoms with van der Waals surface area (Å²) in [6.45, 7) is 2.24. The Hall–Kier alpha value is -2.33. The van der Waals surface area contributed by atoms with E-state index >= 15 is 0 Å². The van der Waals surface area contributed by atoms with Gasteiger partial charge in [0.05, 0.1) is 19.8 Å². The molecule has 0 aliphatic carbocycles. The number of hydrogen-bond donors (Lipinski definition) is 3. The number of allylic oxidation sites excluding steroid dienone is 10. The number of phosphoric ester groups is 1. The fourth-order valence-corrected chi connectivity index (χ4v) is 6.93. The summed E-state index contributed by atoms with van der Waals surface area (Å²) in [5.41, 5.74) is 0. The first-order valence-electron chi connectivity index (χ1n) is 23.2. The average molecular weight is 853 g/mol. The van der Waals surface area contributed by atoms with Crippen molar-refractivity contribution in [2.24, 2.45) is 0 Å². The molecule has 0 aromatic carbocycles. The second kappa shape index (κ2) is 43.7. The van der Waals surface area contributed by atoms with Gasteiger partial charge in [0.1, 0.15) is 12.7 Å². The first-order valence-corrected chi connectivity index (χ1v) is 24.7. The molecule has 0 aliphatic rings. The molecule has 0 aromatic heterocycles. The van der Waals surface area contributed by atoms with Crippen molar-refractivity contribution < 1.29 is 47.8 Å². The Balaban J connectivity index is 4.31. The molecule has 11 heteroatoms. The lowest BCUT2D eigenvalue weighted by Gasteiger charge is -2.20. The minimum atomic E-state index is -4.63. The molecule has 0 bridgehead atoms. The van der Waals surface area contributed by atoms with Gasteiger partial charge in [0.2, 0.25) is 0 Å². The van der Waals surface area contributed by atoms with Gasteiger partial charge in [0.25, 0.3) is 0 Å². The molecule has 0 aromatic rings. The number of ether oxygens (including phenoxy) is 2. The maximum atomic E-state index is 12.6. The van der Waals surface area contributed by atoms with E-state index in [-0.39, 0.29) is 19.4 Å². The normalized spacial score (nSPS) is 14.3. The molecule has 10 nitrogen and oxygen atoms in total. The minimum Gasteiger partial charge on any atom is -0.462 e. The van der Waals surface area contributed by atoms with Crippen LogP contribution in [0, 0.1) is 0 Å². The van der Waals surface area contributed by atoms with Gasteiger partial charge in [-0.1, -0.05) is 184 Å². The Morgan fingerprint density at radius 3 is 1.41 bits per heavy atom. The van der Waals surface area contributed by atoms with Gasteiger partial charge in [-0.2, -0.15) is 0 Å². The second-order valence-corrected chi connectivity index (χ2v) is 16.9. The predicted molar refractivity (Wildman–Crippen MR) is 242 cm³/mol. The highest BCUT2D eigenvalue weighted by molar-refractivity contribution is 7.47. The number of carbonyl (C=O) groups is 2. The van der Waals surface area contributed by atoms with E-state index in [2.05, 4.69) is 74.6 Å². The Bertz CT molecular complexity index is 1160. The average Bonchev–Trinajstić information content (AvgIpc) is 3.22. The van der Waals surface area contributed by atoms with Crippen molar-refractivity contribution in [2.75, 3.05) is 26.4 Å². The van der Waals surface area contributed by atoms with Gasteiger partial charge >= 0.3 is 19.8 Å². The molecule has 3 N–H and O–H groups in total. The fraction of sp³-hybridized carbons (Fsp3) is 0.750. The summed E-state index contributed by atoms with van der Waals surface area (Å²) in [6, 6.07) is 0. The first-order chi connectivity index (χ1) is 28.7. The van der Waals surface area contributed by atoms with E-state index in [0.717, 1.165) is 70.6 Å². The van der Waals surface area contributed by atoms with Gasteiger partial charge in [-0.15, -0.1) is 0 Å². The van der Waals surface area contributed by atoms with Crippen LogP contribution in [0.1, 0.15) is 194 Å². The van der Waals surface area contributed by atoms with Crippen molar-refractivity contribution in [3.8, 4) is 0 Å². The molecule has 1 unspecified atom stereocenters. The summed E-state index contributed by atoms with van der Waals surface area (Å²) in [5.74, 6) is -0.960. The van der Waals surface area contributed by atoms with Crippen molar-refractivity contribution in [2.45, 2.75) is 206 Å². The Morgan fingerprint density at radius 2 is 0.932 bits per heavy atom. The zero-order valence-corrected chi connectivity index (χ0v) is 38.1. The zero-order chi connectivity index (χ0) is 43.3. The van der Waals surface area contributed by atoms with Crippen LogP contribution in [0.3, 0.4) is 0 Å². The standard InChI is InChI=1S/C48H85O10P/c1-3-5-7-9-11-13-15-17-19-21-22-24-26-28-30-32-34-36-38-40-48(52)58-46(44-57-59(53,54)56-42-45(50)41-49)43-55-47(51)39-37-35-33-31-29-27-25-23-20-18-16-14-12-10-8-6-4-2/h5,7,11,13,17,19,22,24,28,30,45-46,49-50H,3-4,6,8-10,12,14-16,18,20-21,23,25-27,29,31-44H2,1-2H3,(H,53,54)/b7-5+,13-11+,19-17+,24-22+,30-28+/t45-,46+/m0/s1. The lowest BCUT2D eigenvalue weighted by molar-refractivity contribution is -0.161. The molecule has 0 rings (SSSR count). The van der Waals surface area contributed by atoms with E-state index in [1.165, 1.54) is 83.5 Å². The van der Waals surface area contributed by atoms with Crippen LogP contribution in [0.15, 0.2) is 60.8 Å². The van der Waals surface area contributed by atoms with Gasteiger partial charge in [0, 0.05) is 12.8 Å². The second-order valence-electron chi connectivity index (χ2n) is 15.4. The third-order valence-corrected chi connectivity index (χ3v) is 10.6. The topological polar surface area (TPSA) is 149 Å². The van der Waals surface area contributed by atoms with E-state index in [9.17, 15) is 24.2 Å². The van der Waals surface area contributed by atoms with Crippen LogP contribution in [0.25, 0.3) is 0 Å². The van der Waals surface area contributed by atoms with Crippen LogP contribution in [-0.4, -0.2) is 65.7 Å². The van der Waals surface area contributed by atoms with Gasteiger partial charge in [-0.05, 0) is 57.8 Å². The van der Waals surface area contributed by atoms with Crippen molar-refractivity contribution >= 4 is 19.8 Å². The number of unbranched alkanes of at least 4 members (excludes halogenated alkanes) is 19. The minimum absolute atomic E-state index is 0.144. The van der Waals surface area contributed by atoms with Crippen LogP contribution in [0.2, 0.25) is 0 Å². The van der Waals surface area contributed by atoms with Crippen molar-refractivity contribution in [3.63, 3.8) is 0 Å². The molecule has 0 spiro atoms. The highest BCUT2D eigenvalue weighted by atomic mass is 31.2. The van der Waals surface area contributed by atoms with Crippen LogP contribution in [0.4, 0.5) is 0 Å². The van der Waals surface area contributed by atoms with E-state index in [4.69, 9.17) is 23.6 Å². The molecule has 59 heavy (non-hydrogen) atoms. The highest BCUT2D eigenvalue weighted by Crippen LogP contribution is 2.43. The van der Waals surface area contributed by atoms with E-state index < -0.39 is 51.8 Å². The van der Waals surface area contributed by atoms with Gasteiger partial charge in [-0.25, -0.2) is 4.57 Å². The Morgan fingerprint density at radius 1 is 0.525 bits per heavy atom. The van der Waals surface area contributed by atoms with Crippen LogP contribution >= 0.6 is 7.82 Å². The smallest absolute Gasteiger partial charge is 0.462 e. The molecule has 0 fully saturated rings. The third-order valence-electron chi connectivity index (χ3n) is 9.69. The summed E-state index contributed by atoms with van der Waals surface area (Å²) in [5, 5.41) is 18.4. The Kier molecular flexibility index (Phi) is 42.0. The maximum Gasteiger partial charge on any atom is 0.472 e. The fourth-order valence-electron chi connectivity index (χ4n) is 6.14. The number of carbonyl (C=O) groups excluding carboxylic acids is 2. The number of rotatable bonds is 43. The molecular weight excluding hydrogens is 767 g/mol. The highest BCUT2D eigenvalue weighted by Gasteiger charge is 2.27. The molecule has 0 aliphatic heterocycles. The molecule has 0 saturated carbocycles. The summed E-state index contributed by atoms with van der Waals surface area (Å²) in [4.78, 5) is 35.1. The number of aliphatic hydroxyl groups is 2. The van der Waals surface area contributed by atoms with Crippen LogP contribution in [0.5, 0.6) is 0 Å². The molecule has 0 radical (unpaired) electrons. The monoisotopic (exact) mass is 853 g/mol. The summed E-state index contributed by atoms with van der Waals surface area (Å²) in [7, 11) is -4.63. The van der Waals surface area contributed by atoms with Crippen LogP contribution < -0.4 is 0 Å². The molecule has 3 atom stereocenters. The number of esters is 2. The lowest BCUT2D eigenvalue weighted by Crippen LogP contribution is -2.29. The zero-order valence-electron chi connectivity index (χ0n) is 37.2.